The Balaban J connectivity index is 0.00000363. The third kappa shape index (κ3) is 7.67. The quantitative estimate of drug-likeness (QED) is 0.287. The van der Waals surface area contributed by atoms with Crippen molar-refractivity contribution in [2.24, 2.45) is 4.99 Å². The second-order valence-corrected chi connectivity index (χ2v) is 8.01. The molecular formula is C23H34ClIN6O. The van der Waals surface area contributed by atoms with E-state index in [0.717, 1.165) is 79.4 Å². The molecule has 2 heterocycles. The van der Waals surface area contributed by atoms with E-state index in [0.29, 0.717) is 6.54 Å². The molecule has 1 aromatic heterocycles. The van der Waals surface area contributed by atoms with Crippen LogP contribution in [0.3, 0.4) is 0 Å². The van der Waals surface area contributed by atoms with Crippen molar-refractivity contribution >= 4 is 47.4 Å². The van der Waals surface area contributed by atoms with Crippen LogP contribution in [0.15, 0.2) is 41.5 Å². The zero-order chi connectivity index (χ0) is 22.1. The third-order valence-corrected chi connectivity index (χ3v) is 5.72. The Morgan fingerprint density at radius 3 is 2.62 bits per heavy atom. The Labute approximate surface area is 213 Å². The lowest BCUT2D eigenvalue weighted by Crippen LogP contribution is -2.45. The number of pyridine rings is 1. The second kappa shape index (κ2) is 13.7. The summed E-state index contributed by atoms with van der Waals surface area (Å²) < 4.78 is 5.22. The van der Waals surface area contributed by atoms with E-state index in [4.69, 9.17) is 21.3 Å². The van der Waals surface area contributed by atoms with Gasteiger partial charge in [0.25, 0.3) is 0 Å². The maximum absolute atomic E-state index is 6.36. The van der Waals surface area contributed by atoms with Gasteiger partial charge in [-0.15, -0.1) is 24.0 Å². The minimum atomic E-state index is 0. The highest BCUT2D eigenvalue weighted by molar-refractivity contribution is 14.0. The van der Waals surface area contributed by atoms with Gasteiger partial charge in [0.2, 0.25) is 0 Å². The third-order valence-electron chi connectivity index (χ3n) is 5.37. The average molecular weight is 573 g/mol. The molecular weight excluding hydrogens is 539 g/mol. The molecule has 7 nitrogen and oxygen atoms in total. The van der Waals surface area contributed by atoms with Crippen LogP contribution in [0.4, 0.5) is 5.82 Å². The van der Waals surface area contributed by atoms with Crippen LogP contribution in [0, 0.1) is 0 Å². The molecule has 0 unspecified atom stereocenters. The van der Waals surface area contributed by atoms with Crippen LogP contribution in [-0.2, 0) is 13.0 Å². The molecule has 0 aliphatic carbocycles. The highest BCUT2D eigenvalue weighted by Crippen LogP contribution is 2.22. The lowest BCUT2D eigenvalue weighted by Gasteiger charge is -2.34. The number of nitrogens with zero attached hydrogens (tertiary/aromatic N) is 4. The minimum absolute atomic E-state index is 0. The van der Waals surface area contributed by atoms with Crippen molar-refractivity contribution in [3.8, 4) is 5.75 Å². The van der Waals surface area contributed by atoms with E-state index in [1.165, 1.54) is 0 Å². The minimum Gasteiger partial charge on any atom is -0.497 e. The van der Waals surface area contributed by atoms with E-state index in [2.05, 4.69) is 45.5 Å². The topological polar surface area (TPSA) is 65.0 Å². The summed E-state index contributed by atoms with van der Waals surface area (Å²) in [5, 5.41) is 7.45. The first kappa shape index (κ1) is 26.5. The highest BCUT2D eigenvalue weighted by atomic mass is 127. The number of halogens is 2. The fourth-order valence-electron chi connectivity index (χ4n) is 3.54. The molecule has 1 aliphatic heterocycles. The second-order valence-electron chi connectivity index (χ2n) is 7.61. The van der Waals surface area contributed by atoms with Crippen LogP contribution in [0.2, 0.25) is 5.02 Å². The molecule has 1 aromatic carbocycles. The molecule has 0 radical (unpaired) electrons. The SMILES string of the molecule is CCNC(=NCc1cccnc1N1CCN(C)CC1)NCCc1ccc(OC)cc1Cl.I. The van der Waals surface area contributed by atoms with Gasteiger partial charge in [0.1, 0.15) is 11.6 Å². The van der Waals surface area contributed by atoms with Gasteiger partial charge >= 0.3 is 0 Å². The largest absolute Gasteiger partial charge is 0.497 e. The molecule has 0 saturated carbocycles. The van der Waals surface area contributed by atoms with Gasteiger partial charge in [-0.05, 0) is 44.2 Å². The highest BCUT2D eigenvalue weighted by Gasteiger charge is 2.17. The molecule has 0 amide bonds. The fraction of sp³-hybridized carbons (Fsp3) is 0.478. The van der Waals surface area contributed by atoms with Gasteiger partial charge in [-0.3, -0.25) is 0 Å². The average Bonchev–Trinajstić information content (AvgIpc) is 2.79. The zero-order valence-electron chi connectivity index (χ0n) is 19.1. The Kier molecular flexibility index (Phi) is 11.3. The van der Waals surface area contributed by atoms with Crippen LogP contribution < -0.4 is 20.3 Å². The summed E-state index contributed by atoms with van der Waals surface area (Å²) in [4.78, 5) is 14.2. The number of aliphatic imine (C=N–C) groups is 1. The number of rotatable bonds is 8. The Bertz CT molecular complexity index is 873. The first-order valence-electron chi connectivity index (χ1n) is 10.8. The smallest absolute Gasteiger partial charge is 0.191 e. The predicted molar refractivity (Wildman–Crippen MR) is 144 cm³/mol. The molecule has 0 bridgehead atoms. The maximum Gasteiger partial charge on any atom is 0.191 e. The zero-order valence-corrected chi connectivity index (χ0v) is 22.2. The predicted octanol–water partition coefficient (Wildman–Crippen LogP) is 3.41. The first-order chi connectivity index (χ1) is 15.1. The number of ether oxygens (including phenoxy) is 1. The molecule has 2 N–H and O–H groups in total. The molecule has 1 fully saturated rings. The Hall–Kier alpha value is -1.78. The summed E-state index contributed by atoms with van der Waals surface area (Å²) in [5.74, 6) is 2.60. The number of likely N-dealkylation sites (N-methyl/N-ethyl adjacent to an activating group) is 1. The first-order valence-corrected chi connectivity index (χ1v) is 11.2. The number of guanidine groups is 1. The number of nitrogens with one attached hydrogen (secondary N) is 2. The van der Waals surface area contributed by atoms with Crippen LogP contribution >= 0.6 is 35.6 Å². The van der Waals surface area contributed by atoms with Crippen LogP contribution in [0.25, 0.3) is 0 Å². The van der Waals surface area contributed by atoms with Gasteiger partial charge in [-0.2, -0.15) is 0 Å². The number of anilines is 1. The van der Waals surface area contributed by atoms with Crippen LogP contribution in [0.5, 0.6) is 5.75 Å². The van der Waals surface area contributed by atoms with Gasteiger partial charge in [0.05, 0.1) is 13.7 Å². The summed E-state index contributed by atoms with van der Waals surface area (Å²) in [5.41, 5.74) is 2.22. The fourth-order valence-corrected chi connectivity index (χ4v) is 3.80. The van der Waals surface area contributed by atoms with Crippen LogP contribution in [0.1, 0.15) is 18.1 Å². The van der Waals surface area contributed by atoms with E-state index in [-0.39, 0.29) is 24.0 Å². The van der Waals surface area contributed by atoms with Crippen molar-refractivity contribution in [3.63, 3.8) is 0 Å². The van der Waals surface area contributed by atoms with E-state index in [1.807, 2.05) is 30.5 Å². The molecule has 3 rings (SSSR count). The van der Waals surface area contributed by atoms with E-state index >= 15 is 0 Å². The summed E-state index contributed by atoms with van der Waals surface area (Å²) in [6, 6.07) is 9.88. The Morgan fingerprint density at radius 1 is 1.16 bits per heavy atom. The van der Waals surface area contributed by atoms with E-state index in [9.17, 15) is 0 Å². The Morgan fingerprint density at radius 2 is 1.94 bits per heavy atom. The molecule has 2 aromatic rings. The summed E-state index contributed by atoms with van der Waals surface area (Å²) in [6.45, 7) is 8.26. The van der Waals surface area contributed by atoms with Gasteiger partial charge < -0.3 is 25.2 Å². The molecule has 1 saturated heterocycles. The van der Waals surface area contributed by atoms with E-state index in [1.54, 1.807) is 7.11 Å². The van der Waals surface area contributed by atoms with Crippen molar-refractivity contribution in [1.29, 1.82) is 0 Å². The van der Waals surface area contributed by atoms with Crippen molar-refractivity contribution in [1.82, 2.24) is 20.5 Å². The summed E-state index contributed by atoms with van der Waals surface area (Å²) in [7, 11) is 3.80. The van der Waals surface area contributed by atoms with Gasteiger partial charge in [-0.25, -0.2) is 9.98 Å². The molecule has 9 heteroatoms. The summed E-state index contributed by atoms with van der Waals surface area (Å²) >= 11 is 6.36. The number of methoxy groups -OCH3 is 1. The van der Waals surface area contributed by atoms with Crippen molar-refractivity contribution in [3.05, 3.63) is 52.7 Å². The summed E-state index contributed by atoms with van der Waals surface area (Å²) in [6.07, 6.45) is 2.66. The molecule has 1 aliphatic rings. The van der Waals surface area contributed by atoms with Crippen LogP contribution in [-0.4, -0.2) is 69.3 Å². The van der Waals surface area contributed by atoms with Gasteiger partial charge in [0.15, 0.2) is 5.96 Å². The van der Waals surface area contributed by atoms with Crippen molar-refractivity contribution in [2.45, 2.75) is 19.9 Å². The van der Waals surface area contributed by atoms with Crippen molar-refractivity contribution in [2.75, 3.05) is 58.3 Å². The molecule has 0 atom stereocenters. The lowest BCUT2D eigenvalue weighted by molar-refractivity contribution is 0.312. The maximum atomic E-state index is 6.36. The number of hydrogen-bond acceptors (Lipinski definition) is 5. The number of piperazine rings is 1. The standard InChI is InChI=1S/C23H33ClN6O.HI/c1-4-25-23(27-11-9-18-7-8-20(31-3)16-21(18)24)28-17-19-6-5-10-26-22(19)30-14-12-29(2)13-15-30;/h5-8,10,16H,4,9,11-15,17H2,1-3H3,(H2,25,27,28);1H. The lowest BCUT2D eigenvalue weighted by atomic mass is 10.1. The van der Waals surface area contributed by atoms with Gasteiger partial charge in [-0.1, -0.05) is 23.7 Å². The number of aromatic nitrogens is 1. The molecule has 0 spiro atoms. The number of benzene rings is 1. The van der Waals surface area contributed by atoms with E-state index < -0.39 is 0 Å². The van der Waals surface area contributed by atoms with Crippen molar-refractivity contribution < 1.29 is 4.74 Å². The molecule has 176 valence electrons. The number of hydrogen-bond donors (Lipinski definition) is 2. The molecule has 32 heavy (non-hydrogen) atoms. The normalized spacial score (nSPS) is 14.6. The van der Waals surface area contributed by atoms with Gasteiger partial charge in [0, 0.05) is 56.1 Å². The monoisotopic (exact) mass is 572 g/mol.